The molecule has 172 valence electrons. The molecular weight excluding hydrogens is 438 g/mol. The molecular formula is C22H25NO8S. The second-order valence-electron chi connectivity index (χ2n) is 6.69. The van der Waals surface area contributed by atoms with Crippen molar-refractivity contribution in [3.63, 3.8) is 0 Å². The first-order valence-corrected chi connectivity index (χ1v) is 11.4. The Morgan fingerprint density at radius 2 is 1.41 bits per heavy atom. The number of sulfone groups is 1. The molecule has 0 saturated carbocycles. The largest absolute Gasteiger partial charge is 0.466 e. The number of nitrogens with zero attached hydrogens (tertiary/aromatic N) is 1. The van der Waals surface area contributed by atoms with E-state index in [0.29, 0.717) is 5.56 Å². The smallest absolute Gasteiger partial charge is 0.329 e. The van der Waals surface area contributed by atoms with Gasteiger partial charge in [0.15, 0.2) is 9.77 Å². The number of hydrogen-bond acceptors (Lipinski definition) is 9. The van der Waals surface area contributed by atoms with Gasteiger partial charge in [0.25, 0.3) is 0 Å². The van der Waals surface area contributed by atoms with Crippen LogP contribution in [0.3, 0.4) is 0 Å². The van der Waals surface area contributed by atoms with Crippen LogP contribution in [0.2, 0.25) is 0 Å². The van der Waals surface area contributed by atoms with Crippen LogP contribution in [0.25, 0.3) is 0 Å². The third-order valence-electron chi connectivity index (χ3n) is 4.48. The van der Waals surface area contributed by atoms with Crippen molar-refractivity contribution in [2.24, 2.45) is 0 Å². The van der Waals surface area contributed by atoms with E-state index in [-0.39, 0.29) is 19.8 Å². The Bertz CT molecular complexity index is 1000. The number of benzene rings is 1. The number of pyridine rings is 1. The van der Waals surface area contributed by atoms with Crippen LogP contribution in [0.5, 0.6) is 0 Å². The summed E-state index contributed by atoms with van der Waals surface area (Å²) in [5, 5.41) is -0.481. The average molecular weight is 464 g/mol. The zero-order chi connectivity index (χ0) is 23.6. The third kappa shape index (κ3) is 5.91. The summed E-state index contributed by atoms with van der Waals surface area (Å²) < 4.78 is 39.7. The maximum Gasteiger partial charge on any atom is 0.329 e. The van der Waals surface area contributed by atoms with Crippen molar-refractivity contribution < 1.29 is 37.0 Å². The summed E-state index contributed by atoms with van der Waals surface area (Å²) in [6.45, 7) is 2.72. The Balaban J connectivity index is 2.56. The van der Waals surface area contributed by atoms with Gasteiger partial charge in [0.1, 0.15) is 6.61 Å². The number of aromatic nitrogens is 1. The van der Waals surface area contributed by atoms with Gasteiger partial charge in [0, 0.05) is 6.20 Å². The zero-order valence-corrected chi connectivity index (χ0v) is 18.7. The van der Waals surface area contributed by atoms with Crippen LogP contribution in [0.1, 0.15) is 32.3 Å². The SMILES string of the molecule is CCOC(=O)CC(CC(=O)OCC)(C(=O)OCc1ccccc1)S(=O)(=O)c1ccccn1. The second kappa shape index (κ2) is 11.4. The number of carbonyl (C=O) groups excluding carboxylic acids is 3. The molecule has 0 atom stereocenters. The summed E-state index contributed by atoms with van der Waals surface area (Å²) in [5.41, 5.74) is 0.595. The molecule has 0 unspecified atom stereocenters. The first-order valence-electron chi connectivity index (χ1n) is 9.95. The van der Waals surface area contributed by atoms with Gasteiger partial charge in [-0.05, 0) is 31.5 Å². The van der Waals surface area contributed by atoms with Crippen LogP contribution < -0.4 is 0 Å². The van der Waals surface area contributed by atoms with Crippen LogP contribution in [-0.4, -0.2) is 49.3 Å². The minimum atomic E-state index is -4.68. The highest BCUT2D eigenvalue weighted by Crippen LogP contribution is 2.34. The Morgan fingerprint density at radius 3 is 1.91 bits per heavy atom. The normalized spacial score (nSPS) is 11.4. The molecule has 0 amide bonds. The van der Waals surface area contributed by atoms with Crippen molar-refractivity contribution in [2.45, 2.75) is 43.1 Å². The van der Waals surface area contributed by atoms with E-state index >= 15 is 0 Å². The van der Waals surface area contributed by atoms with Crippen LogP contribution in [0.4, 0.5) is 0 Å². The predicted octanol–water partition coefficient (Wildman–Crippen LogP) is 2.24. The van der Waals surface area contributed by atoms with Crippen molar-refractivity contribution in [3.8, 4) is 0 Å². The van der Waals surface area contributed by atoms with E-state index in [9.17, 15) is 22.8 Å². The lowest BCUT2D eigenvalue weighted by Crippen LogP contribution is -2.51. The van der Waals surface area contributed by atoms with E-state index in [2.05, 4.69) is 4.98 Å². The van der Waals surface area contributed by atoms with E-state index < -0.39 is 50.4 Å². The van der Waals surface area contributed by atoms with Gasteiger partial charge >= 0.3 is 17.9 Å². The summed E-state index contributed by atoms with van der Waals surface area (Å²) >= 11 is 0. The highest BCUT2D eigenvalue weighted by atomic mass is 32.2. The maximum absolute atomic E-state index is 13.6. The van der Waals surface area contributed by atoms with Crippen molar-refractivity contribution in [3.05, 3.63) is 60.3 Å². The second-order valence-corrected chi connectivity index (χ2v) is 8.90. The molecule has 0 N–H and O–H groups in total. The molecule has 0 bridgehead atoms. The number of carbonyl (C=O) groups is 3. The molecule has 1 aromatic carbocycles. The maximum atomic E-state index is 13.6. The van der Waals surface area contributed by atoms with Gasteiger partial charge in [0.2, 0.25) is 9.84 Å². The molecule has 10 heteroatoms. The van der Waals surface area contributed by atoms with Gasteiger partial charge in [-0.15, -0.1) is 0 Å². The molecule has 0 aliphatic heterocycles. The van der Waals surface area contributed by atoms with E-state index in [0.717, 1.165) is 0 Å². The molecule has 2 aromatic rings. The molecule has 0 aliphatic carbocycles. The van der Waals surface area contributed by atoms with Gasteiger partial charge < -0.3 is 14.2 Å². The summed E-state index contributed by atoms with van der Waals surface area (Å²) in [6, 6.07) is 12.6. The lowest BCUT2D eigenvalue weighted by molar-refractivity contribution is -0.158. The van der Waals surface area contributed by atoms with E-state index in [4.69, 9.17) is 14.2 Å². The summed E-state index contributed by atoms with van der Waals surface area (Å²) in [5.74, 6) is -3.23. The quantitative estimate of drug-likeness (QED) is 0.364. The van der Waals surface area contributed by atoms with E-state index in [1.165, 1.54) is 38.2 Å². The molecule has 2 rings (SSSR count). The van der Waals surface area contributed by atoms with Crippen LogP contribution in [-0.2, 0) is 45.0 Å². The van der Waals surface area contributed by atoms with E-state index in [1.54, 1.807) is 30.3 Å². The standard InChI is InChI=1S/C22H25NO8S/c1-3-29-19(24)14-22(15-20(25)30-4-2,32(27,28)18-12-8-9-13-23-18)21(26)31-16-17-10-6-5-7-11-17/h5-13H,3-4,14-16H2,1-2H3. The predicted molar refractivity (Wildman–Crippen MR) is 113 cm³/mol. The number of rotatable bonds is 11. The Kier molecular flexibility index (Phi) is 8.89. The average Bonchev–Trinajstić information content (AvgIpc) is 2.78. The topological polar surface area (TPSA) is 126 Å². The Morgan fingerprint density at radius 1 is 0.844 bits per heavy atom. The lowest BCUT2D eigenvalue weighted by atomic mass is 10.00. The number of hydrogen-bond donors (Lipinski definition) is 0. The van der Waals surface area contributed by atoms with Crippen LogP contribution >= 0.6 is 0 Å². The Hall–Kier alpha value is -3.27. The highest BCUT2D eigenvalue weighted by Gasteiger charge is 2.57. The first kappa shape index (κ1) is 25.0. The monoisotopic (exact) mass is 463 g/mol. The minimum Gasteiger partial charge on any atom is -0.466 e. The molecule has 1 aromatic heterocycles. The molecule has 9 nitrogen and oxygen atoms in total. The molecule has 0 fully saturated rings. The van der Waals surface area contributed by atoms with Crippen molar-refractivity contribution >= 4 is 27.7 Å². The first-order chi connectivity index (χ1) is 15.3. The Labute approximate surface area is 186 Å². The highest BCUT2D eigenvalue weighted by molar-refractivity contribution is 7.93. The summed E-state index contributed by atoms with van der Waals surface area (Å²) in [4.78, 5) is 41.9. The minimum absolute atomic E-state index is 0.0446. The van der Waals surface area contributed by atoms with Gasteiger partial charge in [-0.25, -0.2) is 13.4 Å². The van der Waals surface area contributed by atoms with Crippen LogP contribution in [0.15, 0.2) is 59.8 Å². The fraction of sp³-hybridized carbons (Fsp3) is 0.364. The summed E-state index contributed by atoms with van der Waals surface area (Å²) in [7, 11) is -4.68. The lowest BCUT2D eigenvalue weighted by Gasteiger charge is -2.29. The molecule has 0 saturated heterocycles. The van der Waals surface area contributed by atoms with Crippen LogP contribution in [0, 0.1) is 0 Å². The fourth-order valence-corrected chi connectivity index (χ4v) is 4.71. The molecule has 32 heavy (non-hydrogen) atoms. The van der Waals surface area contributed by atoms with Crippen molar-refractivity contribution in [2.75, 3.05) is 13.2 Å². The molecule has 0 aliphatic rings. The molecule has 1 heterocycles. The summed E-state index contributed by atoms with van der Waals surface area (Å²) in [6.07, 6.45) is -0.653. The van der Waals surface area contributed by atoms with Gasteiger partial charge in [-0.2, -0.15) is 0 Å². The van der Waals surface area contributed by atoms with E-state index in [1.807, 2.05) is 0 Å². The van der Waals surface area contributed by atoms with Crippen molar-refractivity contribution in [1.29, 1.82) is 0 Å². The molecule has 0 radical (unpaired) electrons. The number of ether oxygens (including phenoxy) is 3. The van der Waals surface area contributed by atoms with Gasteiger partial charge in [0.05, 0.1) is 26.1 Å². The fourth-order valence-electron chi connectivity index (χ4n) is 2.96. The van der Waals surface area contributed by atoms with Crippen molar-refractivity contribution in [1.82, 2.24) is 4.98 Å². The zero-order valence-electron chi connectivity index (χ0n) is 17.9. The van der Waals surface area contributed by atoms with Gasteiger partial charge in [-0.1, -0.05) is 36.4 Å². The molecule has 0 spiro atoms. The third-order valence-corrected chi connectivity index (χ3v) is 6.76. The number of esters is 3. The van der Waals surface area contributed by atoms with Gasteiger partial charge in [-0.3, -0.25) is 14.4 Å².